The van der Waals surface area contributed by atoms with Gasteiger partial charge in [-0.25, -0.2) is 0 Å². The maximum atomic E-state index is 12.6. The first-order valence-corrected chi connectivity index (χ1v) is 11.0. The van der Waals surface area contributed by atoms with E-state index in [1.807, 2.05) is 66.7 Å². The van der Waals surface area contributed by atoms with Crippen molar-refractivity contribution in [1.29, 1.82) is 0 Å². The first-order chi connectivity index (χ1) is 16.1. The zero-order chi connectivity index (χ0) is 23.0. The van der Waals surface area contributed by atoms with Crippen molar-refractivity contribution in [2.45, 2.75) is 32.6 Å². The molecule has 2 N–H and O–H groups in total. The van der Waals surface area contributed by atoms with Gasteiger partial charge in [0, 0.05) is 18.5 Å². The number of imide groups is 1. The molecule has 0 aromatic heterocycles. The summed E-state index contributed by atoms with van der Waals surface area (Å²) >= 11 is 0. The molecule has 3 aromatic rings. The third-order valence-corrected chi connectivity index (χ3v) is 5.69. The molecular weight excluding hydrogens is 416 g/mol. The van der Waals surface area contributed by atoms with Crippen molar-refractivity contribution in [3.05, 3.63) is 107 Å². The van der Waals surface area contributed by atoms with Gasteiger partial charge in [0.05, 0.1) is 19.1 Å². The highest BCUT2D eigenvalue weighted by Crippen LogP contribution is 2.18. The van der Waals surface area contributed by atoms with Crippen LogP contribution in [0.25, 0.3) is 0 Å². The van der Waals surface area contributed by atoms with Crippen molar-refractivity contribution in [3.63, 3.8) is 0 Å². The summed E-state index contributed by atoms with van der Waals surface area (Å²) in [6.45, 7) is 1.40. The van der Waals surface area contributed by atoms with Crippen LogP contribution >= 0.6 is 0 Å². The minimum atomic E-state index is -0.335. The van der Waals surface area contributed by atoms with Crippen LogP contribution < -0.4 is 10.6 Å². The number of rotatable bonds is 9. The van der Waals surface area contributed by atoms with E-state index in [2.05, 4.69) is 10.6 Å². The lowest BCUT2D eigenvalue weighted by Gasteiger charge is -2.12. The third-order valence-electron chi connectivity index (χ3n) is 5.69. The molecule has 168 valence electrons. The Bertz CT molecular complexity index is 1130. The van der Waals surface area contributed by atoms with E-state index in [0.717, 1.165) is 22.3 Å². The van der Waals surface area contributed by atoms with Gasteiger partial charge in [0.1, 0.15) is 0 Å². The first kappa shape index (κ1) is 22.4. The second-order valence-corrected chi connectivity index (χ2v) is 8.14. The predicted molar refractivity (Wildman–Crippen MR) is 124 cm³/mol. The van der Waals surface area contributed by atoms with Gasteiger partial charge in [-0.1, -0.05) is 66.7 Å². The predicted octanol–water partition coefficient (Wildman–Crippen LogP) is 3.54. The number of benzene rings is 3. The normalized spacial score (nSPS) is 15.3. The Labute approximate surface area is 193 Å². The fourth-order valence-corrected chi connectivity index (χ4v) is 3.85. The van der Waals surface area contributed by atoms with E-state index in [4.69, 9.17) is 4.74 Å². The highest BCUT2D eigenvalue weighted by atomic mass is 16.5. The average molecular weight is 443 g/mol. The molecule has 4 rings (SSSR count). The van der Waals surface area contributed by atoms with E-state index in [1.165, 1.54) is 0 Å². The van der Waals surface area contributed by atoms with E-state index in [1.54, 1.807) is 12.1 Å². The molecule has 0 radical (unpaired) electrons. The van der Waals surface area contributed by atoms with Crippen LogP contribution in [-0.4, -0.2) is 17.7 Å². The summed E-state index contributed by atoms with van der Waals surface area (Å²) in [5.74, 6) is -0.965. The second-order valence-electron chi connectivity index (χ2n) is 8.14. The van der Waals surface area contributed by atoms with Gasteiger partial charge in [-0.3, -0.25) is 19.7 Å². The zero-order valence-electron chi connectivity index (χ0n) is 18.3. The van der Waals surface area contributed by atoms with Crippen LogP contribution in [0.3, 0.4) is 0 Å². The molecule has 3 amide bonds. The monoisotopic (exact) mass is 442 g/mol. The van der Waals surface area contributed by atoms with E-state index in [-0.39, 0.29) is 30.1 Å². The summed E-state index contributed by atoms with van der Waals surface area (Å²) in [6, 6.07) is 25.1. The van der Waals surface area contributed by atoms with Gasteiger partial charge in [-0.05, 0) is 40.8 Å². The fourth-order valence-electron chi connectivity index (χ4n) is 3.85. The maximum Gasteiger partial charge on any atom is 0.251 e. The highest BCUT2D eigenvalue weighted by molar-refractivity contribution is 6.03. The number of amides is 3. The number of carbonyl (C=O) groups excluding carboxylic acids is 3. The molecule has 1 heterocycles. The van der Waals surface area contributed by atoms with Crippen LogP contribution in [0, 0.1) is 5.92 Å². The maximum absolute atomic E-state index is 12.6. The molecule has 1 aliphatic rings. The zero-order valence-corrected chi connectivity index (χ0v) is 18.3. The first-order valence-electron chi connectivity index (χ1n) is 11.0. The Balaban J connectivity index is 1.29. The number of hydrogen-bond acceptors (Lipinski definition) is 4. The lowest BCUT2D eigenvalue weighted by molar-refractivity contribution is -0.125. The molecule has 0 spiro atoms. The SMILES string of the molecule is O=C1CC(Cc2ccc(C(=O)NCc3ccccc3COCc3ccccc3)cc2)C(=O)N1. The summed E-state index contributed by atoms with van der Waals surface area (Å²) in [5, 5.41) is 5.29. The number of hydrogen-bond donors (Lipinski definition) is 2. The molecule has 1 fully saturated rings. The molecule has 0 bridgehead atoms. The molecule has 1 atom stereocenters. The van der Waals surface area contributed by atoms with Crippen molar-refractivity contribution in [1.82, 2.24) is 10.6 Å². The second kappa shape index (κ2) is 10.7. The van der Waals surface area contributed by atoms with Crippen molar-refractivity contribution >= 4 is 17.7 Å². The molecule has 33 heavy (non-hydrogen) atoms. The van der Waals surface area contributed by atoms with Crippen LogP contribution in [0.2, 0.25) is 0 Å². The van der Waals surface area contributed by atoms with Crippen molar-refractivity contribution in [2.24, 2.45) is 5.92 Å². The molecule has 1 unspecified atom stereocenters. The lowest BCUT2D eigenvalue weighted by atomic mass is 9.97. The summed E-state index contributed by atoms with van der Waals surface area (Å²) in [4.78, 5) is 35.7. The minimum absolute atomic E-state index is 0.171. The quantitative estimate of drug-likeness (QED) is 0.497. The van der Waals surface area contributed by atoms with Crippen LogP contribution in [0.1, 0.15) is 39.0 Å². The Morgan fingerprint density at radius 3 is 2.24 bits per heavy atom. The Kier molecular flexibility index (Phi) is 7.27. The van der Waals surface area contributed by atoms with E-state index < -0.39 is 0 Å². The fraction of sp³-hybridized carbons (Fsp3) is 0.222. The average Bonchev–Trinajstić information content (AvgIpc) is 3.15. The molecule has 0 saturated carbocycles. The molecule has 6 heteroatoms. The lowest BCUT2D eigenvalue weighted by Crippen LogP contribution is -2.24. The molecule has 1 aliphatic heterocycles. The van der Waals surface area contributed by atoms with Crippen LogP contribution in [0.4, 0.5) is 0 Å². The van der Waals surface area contributed by atoms with Gasteiger partial charge in [-0.2, -0.15) is 0 Å². The van der Waals surface area contributed by atoms with Gasteiger partial charge in [0.2, 0.25) is 11.8 Å². The Hall–Kier alpha value is -3.77. The standard InChI is InChI=1S/C27H26N2O4/c30-25-15-24(27(32)29-25)14-19-10-12-21(13-11-19)26(31)28-16-22-8-4-5-9-23(22)18-33-17-20-6-2-1-3-7-20/h1-13,24H,14-18H2,(H,28,31)(H,29,30,32). The highest BCUT2D eigenvalue weighted by Gasteiger charge is 2.30. The smallest absolute Gasteiger partial charge is 0.251 e. The van der Waals surface area contributed by atoms with E-state index >= 15 is 0 Å². The molecule has 6 nitrogen and oxygen atoms in total. The van der Waals surface area contributed by atoms with Crippen molar-refractivity contribution < 1.29 is 19.1 Å². The number of nitrogens with one attached hydrogen (secondary N) is 2. The summed E-state index contributed by atoms with van der Waals surface area (Å²) in [6.07, 6.45) is 0.700. The largest absolute Gasteiger partial charge is 0.372 e. The number of carbonyl (C=O) groups is 3. The Morgan fingerprint density at radius 2 is 1.55 bits per heavy atom. The molecule has 0 aliphatic carbocycles. The Morgan fingerprint density at radius 1 is 0.848 bits per heavy atom. The summed E-state index contributed by atoms with van der Waals surface area (Å²) in [7, 11) is 0. The van der Waals surface area contributed by atoms with Gasteiger partial charge in [0.25, 0.3) is 5.91 Å². The van der Waals surface area contributed by atoms with Crippen LogP contribution in [0.15, 0.2) is 78.9 Å². The van der Waals surface area contributed by atoms with Crippen molar-refractivity contribution in [2.75, 3.05) is 0 Å². The van der Waals surface area contributed by atoms with Gasteiger partial charge >= 0.3 is 0 Å². The van der Waals surface area contributed by atoms with Crippen LogP contribution in [0.5, 0.6) is 0 Å². The molecule has 1 saturated heterocycles. The number of ether oxygens (including phenoxy) is 1. The van der Waals surface area contributed by atoms with Gasteiger partial charge < -0.3 is 10.1 Å². The molecule has 3 aromatic carbocycles. The summed E-state index contributed by atoms with van der Waals surface area (Å²) in [5.41, 5.74) is 4.62. The van der Waals surface area contributed by atoms with E-state index in [0.29, 0.717) is 31.7 Å². The van der Waals surface area contributed by atoms with Gasteiger partial charge in [-0.15, -0.1) is 0 Å². The molecular formula is C27H26N2O4. The van der Waals surface area contributed by atoms with E-state index in [9.17, 15) is 14.4 Å². The summed E-state index contributed by atoms with van der Waals surface area (Å²) < 4.78 is 5.86. The van der Waals surface area contributed by atoms with Gasteiger partial charge in [0.15, 0.2) is 0 Å². The van der Waals surface area contributed by atoms with Crippen LogP contribution in [-0.2, 0) is 40.5 Å². The third kappa shape index (κ3) is 6.14. The topological polar surface area (TPSA) is 84.5 Å². The van der Waals surface area contributed by atoms with Crippen molar-refractivity contribution in [3.8, 4) is 0 Å². The minimum Gasteiger partial charge on any atom is -0.372 e.